The first-order valence-electron chi connectivity index (χ1n) is 2.95. The van der Waals surface area contributed by atoms with Gasteiger partial charge in [-0.15, -0.1) is 0 Å². The van der Waals surface area contributed by atoms with Gasteiger partial charge in [-0.2, -0.15) is 0 Å². The molecule has 1 amide bonds. The minimum atomic E-state index is -1.50. The second-order valence-electron chi connectivity index (χ2n) is 2.25. The Labute approximate surface area is 57.3 Å². The second kappa shape index (κ2) is 2.53. The average Bonchev–Trinajstić information content (AvgIpc) is 1.93. The Kier molecular flexibility index (Phi) is 1.89. The highest BCUT2D eigenvalue weighted by Gasteiger charge is 2.34. The summed E-state index contributed by atoms with van der Waals surface area (Å²) in [6, 6.07) is 0. The number of β-amino-alcohol motifs (C(OH)–C–C–N with tert-alkyl or cyclic N) is 1. The summed E-state index contributed by atoms with van der Waals surface area (Å²) < 4.78 is 0. The fourth-order valence-corrected chi connectivity index (χ4v) is 0.796. The van der Waals surface area contributed by atoms with Gasteiger partial charge < -0.3 is 20.6 Å². The van der Waals surface area contributed by atoms with E-state index < -0.39 is 24.2 Å². The highest BCUT2D eigenvalue weighted by Crippen LogP contribution is 2.04. The lowest BCUT2D eigenvalue weighted by molar-refractivity contribution is -0.148. The lowest BCUT2D eigenvalue weighted by Gasteiger charge is -2.27. The molecule has 3 atom stereocenters. The van der Waals surface area contributed by atoms with Gasteiger partial charge in [-0.3, -0.25) is 4.79 Å². The van der Waals surface area contributed by atoms with Crippen LogP contribution in [-0.2, 0) is 4.79 Å². The van der Waals surface area contributed by atoms with Crippen molar-refractivity contribution in [2.75, 3.05) is 6.54 Å². The van der Waals surface area contributed by atoms with Crippen LogP contribution in [0.4, 0.5) is 0 Å². The highest BCUT2D eigenvalue weighted by atomic mass is 16.4. The van der Waals surface area contributed by atoms with Gasteiger partial charge in [-0.25, -0.2) is 0 Å². The summed E-state index contributed by atoms with van der Waals surface area (Å²) in [4.78, 5) is 10.5. The second-order valence-corrected chi connectivity index (χ2v) is 2.25. The molecule has 1 saturated heterocycles. The molecule has 0 spiro atoms. The van der Waals surface area contributed by atoms with Gasteiger partial charge in [-0.05, 0) is 0 Å². The molecule has 5 heteroatoms. The summed E-state index contributed by atoms with van der Waals surface area (Å²) in [5, 5.41) is 28.7. The van der Waals surface area contributed by atoms with E-state index in [-0.39, 0.29) is 6.54 Å². The molecular weight excluding hydrogens is 138 g/mol. The summed E-state index contributed by atoms with van der Waals surface area (Å²) >= 11 is 0. The number of aliphatic hydroxyl groups excluding tert-OH is 3. The van der Waals surface area contributed by atoms with Gasteiger partial charge >= 0.3 is 0 Å². The van der Waals surface area contributed by atoms with E-state index in [1.54, 1.807) is 0 Å². The zero-order valence-corrected chi connectivity index (χ0v) is 5.19. The fourth-order valence-electron chi connectivity index (χ4n) is 0.796. The van der Waals surface area contributed by atoms with Crippen molar-refractivity contribution in [1.29, 1.82) is 0 Å². The first-order chi connectivity index (χ1) is 4.63. The molecule has 4 N–H and O–H groups in total. The maximum absolute atomic E-state index is 10.5. The van der Waals surface area contributed by atoms with Gasteiger partial charge in [-0.1, -0.05) is 0 Å². The van der Waals surface area contributed by atoms with Crippen molar-refractivity contribution in [2.24, 2.45) is 0 Å². The SMILES string of the molecule is O=C1NC[C@H](O)[C@@H](O)[C@H]1O. The number of rotatable bonds is 0. The van der Waals surface area contributed by atoms with Crippen LogP contribution in [0.2, 0.25) is 0 Å². The molecular formula is C5H9NO4. The number of nitrogens with one attached hydrogen (secondary N) is 1. The fraction of sp³-hybridized carbons (Fsp3) is 0.800. The van der Waals surface area contributed by atoms with Crippen LogP contribution in [0.15, 0.2) is 0 Å². The van der Waals surface area contributed by atoms with E-state index in [2.05, 4.69) is 5.32 Å². The van der Waals surface area contributed by atoms with Crippen molar-refractivity contribution >= 4 is 5.91 Å². The van der Waals surface area contributed by atoms with Crippen LogP contribution < -0.4 is 5.32 Å². The molecule has 0 aromatic heterocycles. The molecule has 0 radical (unpaired) electrons. The predicted molar refractivity (Wildman–Crippen MR) is 31.0 cm³/mol. The molecule has 1 fully saturated rings. The molecule has 0 aromatic rings. The Morgan fingerprint density at radius 1 is 1.40 bits per heavy atom. The number of carbonyl (C=O) groups excluding carboxylic acids is 1. The molecule has 0 unspecified atom stereocenters. The first kappa shape index (κ1) is 7.46. The molecule has 1 heterocycles. The molecule has 0 aliphatic carbocycles. The van der Waals surface area contributed by atoms with Crippen LogP contribution in [0.25, 0.3) is 0 Å². The third-order valence-electron chi connectivity index (χ3n) is 1.47. The standard InChI is InChI=1S/C5H9NO4/c7-2-1-6-5(10)4(9)3(2)8/h2-4,7-9H,1H2,(H,6,10)/t2-,3+,4+/m0/s1. The Bertz CT molecular complexity index is 149. The zero-order chi connectivity index (χ0) is 7.72. The molecule has 5 nitrogen and oxygen atoms in total. The third kappa shape index (κ3) is 1.11. The van der Waals surface area contributed by atoms with E-state index in [4.69, 9.17) is 15.3 Å². The predicted octanol–water partition coefficient (Wildman–Crippen LogP) is -2.80. The van der Waals surface area contributed by atoms with Crippen molar-refractivity contribution < 1.29 is 20.1 Å². The molecule has 0 aromatic carbocycles. The van der Waals surface area contributed by atoms with Crippen molar-refractivity contribution in [2.45, 2.75) is 18.3 Å². The van der Waals surface area contributed by atoms with Gasteiger partial charge in [0.25, 0.3) is 5.91 Å². The normalized spacial score (nSPS) is 41.1. The Balaban J connectivity index is 2.60. The van der Waals surface area contributed by atoms with E-state index >= 15 is 0 Å². The Hall–Kier alpha value is -0.650. The highest BCUT2D eigenvalue weighted by molar-refractivity contribution is 5.82. The maximum Gasteiger partial charge on any atom is 0.251 e. The smallest absolute Gasteiger partial charge is 0.251 e. The monoisotopic (exact) mass is 147 g/mol. The number of aliphatic hydroxyl groups is 3. The van der Waals surface area contributed by atoms with Crippen LogP contribution in [-0.4, -0.2) is 46.1 Å². The minimum absolute atomic E-state index is 0.00292. The lowest BCUT2D eigenvalue weighted by atomic mass is 10.0. The zero-order valence-electron chi connectivity index (χ0n) is 5.19. The third-order valence-corrected chi connectivity index (χ3v) is 1.47. The van der Waals surface area contributed by atoms with Crippen LogP contribution in [0.5, 0.6) is 0 Å². The molecule has 0 bridgehead atoms. The average molecular weight is 147 g/mol. The van der Waals surface area contributed by atoms with Crippen molar-refractivity contribution in [1.82, 2.24) is 5.32 Å². The van der Waals surface area contributed by atoms with Crippen LogP contribution in [0, 0.1) is 0 Å². The van der Waals surface area contributed by atoms with Crippen molar-refractivity contribution in [3.63, 3.8) is 0 Å². The quantitative estimate of drug-likeness (QED) is 0.298. The molecule has 1 aliphatic rings. The minimum Gasteiger partial charge on any atom is -0.388 e. The van der Waals surface area contributed by atoms with Gasteiger partial charge in [0.05, 0.1) is 0 Å². The molecule has 1 aliphatic heterocycles. The van der Waals surface area contributed by atoms with Gasteiger partial charge in [0.15, 0.2) is 6.10 Å². The van der Waals surface area contributed by atoms with Gasteiger partial charge in [0.2, 0.25) is 0 Å². The molecule has 0 saturated carbocycles. The summed E-state index contributed by atoms with van der Waals surface area (Å²) in [7, 11) is 0. The summed E-state index contributed by atoms with van der Waals surface area (Å²) in [5.41, 5.74) is 0. The Morgan fingerprint density at radius 2 is 2.00 bits per heavy atom. The van der Waals surface area contributed by atoms with Gasteiger partial charge in [0, 0.05) is 6.54 Å². The Morgan fingerprint density at radius 3 is 2.50 bits per heavy atom. The largest absolute Gasteiger partial charge is 0.388 e. The molecule has 1 rings (SSSR count). The van der Waals surface area contributed by atoms with Crippen LogP contribution >= 0.6 is 0 Å². The molecule has 10 heavy (non-hydrogen) atoms. The number of hydrogen-bond donors (Lipinski definition) is 4. The van der Waals surface area contributed by atoms with E-state index in [1.165, 1.54) is 0 Å². The van der Waals surface area contributed by atoms with E-state index in [0.29, 0.717) is 0 Å². The van der Waals surface area contributed by atoms with E-state index in [0.717, 1.165) is 0 Å². The summed E-state index contributed by atoms with van der Waals surface area (Å²) in [5.74, 6) is -0.641. The van der Waals surface area contributed by atoms with Crippen LogP contribution in [0.3, 0.4) is 0 Å². The van der Waals surface area contributed by atoms with E-state index in [9.17, 15) is 4.79 Å². The lowest BCUT2D eigenvalue weighted by Crippen LogP contribution is -2.57. The van der Waals surface area contributed by atoms with Crippen LogP contribution in [0.1, 0.15) is 0 Å². The first-order valence-corrected chi connectivity index (χ1v) is 2.95. The van der Waals surface area contributed by atoms with Crippen molar-refractivity contribution in [3.8, 4) is 0 Å². The number of carbonyl (C=O) groups is 1. The van der Waals surface area contributed by atoms with Gasteiger partial charge in [0.1, 0.15) is 12.2 Å². The molecule has 58 valence electrons. The van der Waals surface area contributed by atoms with E-state index in [1.807, 2.05) is 0 Å². The number of amides is 1. The maximum atomic E-state index is 10.5. The topological polar surface area (TPSA) is 89.8 Å². The number of hydrogen-bond acceptors (Lipinski definition) is 4. The summed E-state index contributed by atoms with van der Waals surface area (Å²) in [6.45, 7) is -0.00292. The summed E-state index contributed by atoms with van der Waals surface area (Å²) in [6.07, 6.45) is -3.91. The number of piperidine rings is 1. The van der Waals surface area contributed by atoms with Crippen molar-refractivity contribution in [3.05, 3.63) is 0 Å².